The maximum atomic E-state index is 10.5. The number of nitrogens with one attached hydrogen (secondary N) is 1. The summed E-state index contributed by atoms with van der Waals surface area (Å²) >= 11 is 3.36. The maximum Gasteiger partial charge on any atom is 0.137 e. The predicted molar refractivity (Wildman–Crippen MR) is 80.1 cm³/mol. The molecule has 0 bridgehead atoms. The Morgan fingerprint density at radius 2 is 2.19 bits per heavy atom. The van der Waals surface area contributed by atoms with Crippen LogP contribution >= 0.6 is 15.9 Å². The summed E-state index contributed by atoms with van der Waals surface area (Å²) in [4.78, 5) is 12.0. The molecule has 1 saturated heterocycles. The third kappa shape index (κ3) is 5.49. The van der Waals surface area contributed by atoms with Crippen LogP contribution in [-0.2, 0) is 9.53 Å². The average Bonchev–Trinajstić information content (AvgIpc) is 2.48. The number of benzene rings is 1. The van der Waals surface area contributed by atoms with E-state index in [4.69, 9.17) is 9.47 Å². The Balaban J connectivity index is 1.93. The number of carbonyl (C=O) groups is 1. The van der Waals surface area contributed by atoms with Crippen LogP contribution in [0.1, 0.15) is 5.56 Å². The fourth-order valence-electron chi connectivity index (χ4n) is 2.15. The lowest BCUT2D eigenvalue weighted by Gasteiger charge is -2.23. The van der Waals surface area contributed by atoms with Gasteiger partial charge in [0, 0.05) is 10.0 Å². The molecule has 1 heterocycles. The van der Waals surface area contributed by atoms with E-state index >= 15 is 0 Å². The third-order valence-electron chi connectivity index (χ3n) is 3.28. The first-order valence-corrected chi connectivity index (χ1v) is 7.67. The Bertz CT molecular complexity index is 512. The van der Waals surface area contributed by atoms with Crippen LogP contribution in [0.25, 0.3) is 6.08 Å². The van der Waals surface area contributed by atoms with E-state index in [0.717, 1.165) is 43.4 Å². The molecule has 21 heavy (non-hydrogen) atoms. The number of rotatable bonds is 6. The highest BCUT2D eigenvalue weighted by Crippen LogP contribution is 2.24. The number of carbonyl (C=O) groups excluding carboxylic acids is 1. The molecule has 0 aromatic heterocycles. The van der Waals surface area contributed by atoms with Crippen LogP contribution in [0.5, 0.6) is 5.75 Å². The summed E-state index contributed by atoms with van der Waals surface area (Å²) in [5.41, 5.74) is 0.713. The van der Waals surface area contributed by atoms with E-state index in [1.54, 1.807) is 0 Å². The van der Waals surface area contributed by atoms with Crippen LogP contribution in [0.3, 0.4) is 0 Å². The van der Waals surface area contributed by atoms with Gasteiger partial charge in [-0.2, -0.15) is 0 Å². The van der Waals surface area contributed by atoms with Crippen LogP contribution in [-0.4, -0.2) is 45.4 Å². The normalized spacial score (nSPS) is 16.2. The topological polar surface area (TPSA) is 63.0 Å². The smallest absolute Gasteiger partial charge is 0.137 e. The second-order valence-electron chi connectivity index (χ2n) is 4.80. The van der Waals surface area contributed by atoms with Gasteiger partial charge in [0.25, 0.3) is 0 Å². The molecule has 6 heteroatoms. The number of carboxylic acid groups (broad SMARTS) is 1. The molecule has 1 aliphatic heterocycles. The molecule has 0 radical (unpaired) electrons. The standard InChI is InChI=1S/C15H18BrNO4/c16-13-2-3-14(12(11-13)1-4-15(18)19)21-10-7-17-5-8-20-9-6-17/h1-4,11H,5-10H2,(H,18,19)/b4-1+. The molecule has 5 nitrogen and oxygen atoms in total. The number of halogens is 1. The molecule has 1 fully saturated rings. The number of hydrogen-bond donors (Lipinski definition) is 1. The summed E-state index contributed by atoms with van der Waals surface area (Å²) in [5, 5.41) is 10.5. The van der Waals surface area contributed by atoms with Gasteiger partial charge in [0.05, 0.1) is 19.2 Å². The van der Waals surface area contributed by atoms with Gasteiger partial charge < -0.3 is 24.3 Å². The van der Waals surface area contributed by atoms with Crippen LogP contribution in [0.4, 0.5) is 0 Å². The van der Waals surface area contributed by atoms with Gasteiger partial charge >= 0.3 is 0 Å². The van der Waals surface area contributed by atoms with Gasteiger partial charge in [-0.15, -0.1) is 0 Å². The van der Waals surface area contributed by atoms with Crippen LogP contribution in [0, 0.1) is 0 Å². The van der Waals surface area contributed by atoms with Gasteiger partial charge in [-0.05, 0) is 30.4 Å². The Morgan fingerprint density at radius 1 is 1.43 bits per heavy atom. The molecular formula is C15H18BrNO4. The first kappa shape index (κ1) is 16.0. The van der Waals surface area contributed by atoms with Crippen molar-refractivity contribution in [3.63, 3.8) is 0 Å². The lowest BCUT2D eigenvalue weighted by atomic mass is 10.2. The Hall–Kier alpha value is -1.37. The zero-order chi connectivity index (χ0) is 15.1. The highest BCUT2D eigenvalue weighted by molar-refractivity contribution is 9.10. The van der Waals surface area contributed by atoms with Gasteiger partial charge in [0.1, 0.15) is 32.0 Å². The molecule has 1 N–H and O–H groups in total. The summed E-state index contributed by atoms with van der Waals surface area (Å²) in [6, 6.07) is 5.51. The Morgan fingerprint density at radius 3 is 2.90 bits per heavy atom. The van der Waals surface area contributed by atoms with Crippen molar-refractivity contribution in [1.82, 2.24) is 0 Å². The zero-order valence-electron chi connectivity index (χ0n) is 11.6. The van der Waals surface area contributed by atoms with Crippen molar-refractivity contribution >= 4 is 28.0 Å². The highest BCUT2D eigenvalue weighted by Gasteiger charge is 2.13. The number of morpholine rings is 1. The van der Waals surface area contributed by atoms with Crippen molar-refractivity contribution in [2.75, 3.05) is 39.5 Å². The third-order valence-corrected chi connectivity index (χ3v) is 3.78. The maximum absolute atomic E-state index is 10.5. The van der Waals surface area contributed by atoms with E-state index in [1.165, 1.54) is 11.0 Å². The summed E-state index contributed by atoms with van der Waals surface area (Å²) in [6.07, 6.45) is 2.48. The molecule has 0 unspecified atom stereocenters. The fraction of sp³-hybridized carbons (Fsp3) is 0.400. The van der Waals surface area contributed by atoms with Crippen molar-refractivity contribution in [3.05, 3.63) is 34.3 Å². The van der Waals surface area contributed by atoms with Gasteiger partial charge in [0.2, 0.25) is 0 Å². The predicted octanol–water partition coefficient (Wildman–Crippen LogP) is -0.494. The van der Waals surface area contributed by atoms with Crippen LogP contribution in [0.2, 0.25) is 0 Å². The molecule has 2 rings (SSSR count). The Labute approximate surface area is 132 Å². The molecule has 1 aromatic rings. The summed E-state index contributed by atoms with van der Waals surface area (Å²) in [5.74, 6) is -0.554. The van der Waals surface area contributed by atoms with E-state index in [9.17, 15) is 9.90 Å². The number of hydrogen-bond acceptors (Lipinski definition) is 4. The highest BCUT2D eigenvalue weighted by atomic mass is 79.9. The van der Waals surface area contributed by atoms with Crippen LogP contribution < -0.4 is 14.7 Å². The van der Waals surface area contributed by atoms with Crippen molar-refractivity contribution in [1.29, 1.82) is 0 Å². The fourth-order valence-corrected chi connectivity index (χ4v) is 2.53. The van der Waals surface area contributed by atoms with Gasteiger partial charge in [-0.25, -0.2) is 0 Å². The quantitative estimate of drug-likeness (QED) is 0.699. The van der Waals surface area contributed by atoms with Crippen molar-refractivity contribution < 1.29 is 24.3 Å². The van der Waals surface area contributed by atoms with E-state index < -0.39 is 5.97 Å². The average molecular weight is 356 g/mol. The van der Waals surface area contributed by atoms with Crippen molar-refractivity contribution in [2.45, 2.75) is 0 Å². The lowest BCUT2D eigenvalue weighted by Crippen LogP contribution is -3.14. The second-order valence-corrected chi connectivity index (χ2v) is 5.71. The van der Waals surface area contributed by atoms with Gasteiger partial charge in [0.15, 0.2) is 0 Å². The molecule has 0 aliphatic carbocycles. The van der Waals surface area contributed by atoms with E-state index in [2.05, 4.69) is 15.9 Å². The summed E-state index contributed by atoms with van der Waals surface area (Å²) in [7, 11) is 0. The molecule has 0 atom stereocenters. The lowest BCUT2D eigenvalue weighted by molar-refractivity contribution is -0.908. The minimum absolute atomic E-state index is 0.586. The van der Waals surface area contributed by atoms with Crippen molar-refractivity contribution in [2.24, 2.45) is 0 Å². The molecule has 114 valence electrons. The van der Waals surface area contributed by atoms with E-state index in [-0.39, 0.29) is 0 Å². The first-order valence-electron chi connectivity index (χ1n) is 6.88. The number of ether oxygens (including phenoxy) is 2. The first-order chi connectivity index (χ1) is 10.1. The minimum atomic E-state index is -1.22. The van der Waals surface area contributed by atoms with E-state index in [0.29, 0.717) is 17.9 Å². The monoisotopic (exact) mass is 355 g/mol. The van der Waals surface area contributed by atoms with Crippen molar-refractivity contribution in [3.8, 4) is 5.75 Å². The minimum Gasteiger partial charge on any atom is -0.545 e. The molecule has 0 spiro atoms. The molecular weight excluding hydrogens is 338 g/mol. The SMILES string of the molecule is O=C([O-])/C=C/c1cc(Br)ccc1OCC[NH+]1CCOCC1. The number of aliphatic carboxylic acids is 1. The largest absolute Gasteiger partial charge is 0.545 e. The molecule has 0 amide bonds. The Kier molecular flexibility index (Phi) is 6.22. The van der Waals surface area contributed by atoms with Gasteiger partial charge in [-0.1, -0.05) is 15.9 Å². The molecule has 1 aromatic carbocycles. The molecule has 0 saturated carbocycles. The number of quaternary nitrogens is 1. The number of carboxylic acids is 1. The summed E-state index contributed by atoms with van der Waals surface area (Å²) < 4.78 is 12.0. The van der Waals surface area contributed by atoms with Gasteiger partial charge in [-0.3, -0.25) is 0 Å². The summed E-state index contributed by atoms with van der Waals surface area (Å²) in [6.45, 7) is 5.09. The zero-order valence-corrected chi connectivity index (χ0v) is 13.2. The van der Waals surface area contributed by atoms with Crippen LogP contribution in [0.15, 0.2) is 28.7 Å². The molecule has 1 aliphatic rings. The second kappa shape index (κ2) is 8.17. The van der Waals surface area contributed by atoms with E-state index in [1.807, 2.05) is 18.2 Å².